The van der Waals surface area contributed by atoms with Gasteiger partial charge in [-0.15, -0.1) is 0 Å². The smallest absolute Gasteiger partial charge is 0.410 e. The summed E-state index contributed by atoms with van der Waals surface area (Å²) in [6.45, 7) is 10.0. The molecule has 192 valence electrons. The van der Waals surface area contributed by atoms with Crippen molar-refractivity contribution in [3.8, 4) is 0 Å². The van der Waals surface area contributed by atoms with Crippen LogP contribution in [0.2, 0.25) is 0 Å². The molecular formula is C26H37FN4O4. The molecule has 1 saturated carbocycles. The summed E-state index contributed by atoms with van der Waals surface area (Å²) in [5.74, 6) is 0.850. The highest BCUT2D eigenvalue weighted by molar-refractivity contribution is 5.78. The summed E-state index contributed by atoms with van der Waals surface area (Å²) in [7, 11) is 0. The van der Waals surface area contributed by atoms with Crippen LogP contribution in [0, 0.1) is 17.7 Å². The predicted molar refractivity (Wildman–Crippen MR) is 130 cm³/mol. The van der Waals surface area contributed by atoms with Crippen LogP contribution < -0.4 is 5.32 Å². The standard InChI is InChI=1S/C26H37FN4O4/c1-15-6-8-17(9-7-15)22(28-16(2)32)24-29-19-11-10-18(21(27)23(19)30-24)20-14-34-13-12-31(20)25(33)35-26(3,4)5/h10-11,15,17,20,22H,6-9,12-14H2,1-5H3,(H,28,32)(H,29,30). The molecular weight excluding hydrogens is 451 g/mol. The van der Waals surface area contributed by atoms with Gasteiger partial charge in [0.1, 0.15) is 16.9 Å². The number of benzene rings is 1. The van der Waals surface area contributed by atoms with Crippen molar-refractivity contribution >= 4 is 23.0 Å². The Balaban J connectivity index is 1.66. The molecule has 2 aliphatic rings. The van der Waals surface area contributed by atoms with Crippen LogP contribution in [0.5, 0.6) is 0 Å². The molecule has 4 rings (SSSR count). The molecule has 2 heterocycles. The third-order valence-corrected chi connectivity index (χ3v) is 6.94. The zero-order valence-corrected chi connectivity index (χ0v) is 21.3. The van der Waals surface area contributed by atoms with Crippen molar-refractivity contribution in [2.75, 3.05) is 19.8 Å². The minimum atomic E-state index is -0.658. The average Bonchev–Trinajstić information content (AvgIpc) is 3.22. The fourth-order valence-corrected chi connectivity index (χ4v) is 5.13. The normalized spacial score (nSPS) is 24.3. The number of morpholine rings is 1. The minimum Gasteiger partial charge on any atom is -0.444 e. The molecule has 35 heavy (non-hydrogen) atoms. The number of aromatic amines is 1. The van der Waals surface area contributed by atoms with E-state index >= 15 is 4.39 Å². The van der Waals surface area contributed by atoms with E-state index in [1.165, 1.54) is 11.8 Å². The molecule has 8 nitrogen and oxygen atoms in total. The molecule has 2 N–H and O–H groups in total. The lowest BCUT2D eigenvalue weighted by Gasteiger charge is -2.36. The molecule has 9 heteroatoms. The van der Waals surface area contributed by atoms with Crippen LogP contribution in [0.4, 0.5) is 9.18 Å². The number of carbonyl (C=O) groups excluding carboxylic acids is 2. The van der Waals surface area contributed by atoms with Gasteiger partial charge in [-0.05, 0) is 51.5 Å². The number of ether oxygens (including phenoxy) is 2. The maximum Gasteiger partial charge on any atom is 0.410 e. The number of nitrogens with zero attached hydrogens (tertiary/aromatic N) is 2. The zero-order valence-electron chi connectivity index (χ0n) is 21.3. The number of rotatable bonds is 4. The largest absolute Gasteiger partial charge is 0.444 e. The fourth-order valence-electron chi connectivity index (χ4n) is 5.13. The summed E-state index contributed by atoms with van der Waals surface area (Å²) in [5, 5.41) is 3.04. The second-order valence-electron chi connectivity index (χ2n) is 10.9. The Kier molecular flexibility index (Phi) is 7.35. The number of nitrogens with one attached hydrogen (secondary N) is 2. The second kappa shape index (κ2) is 10.1. The van der Waals surface area contributed by atoms with Gasteiger partial charge in [0, 0.05) is 19.0 Å². The van der Waals surface area contributed by atoms with Crippen molar-refractivity contribution in [1.82, 2.24) is 20.2 Å². The van der Waals surface area contributed by atoms with Crippen molar-refractivity contribution < 1.29 is 23.5 Å². The number of hydrogen-bond donors (Lipinski definition) is 2. The van der Waals surface area contributed by atoms with Crippen LogP contribution in [-0.2, 0) is 14.3 Å². The Morgan fingerprint density at radius 2 is 1.97 bits per heavy atom. The highest BCUT2D eigenvalue weighted by Crippen LogP contribution is 2.37. The number of imidazole rings is 1. The Morgan fingerprint density at radius 1 is 1.26 bits per heavy atom. The molecule has 0 radical (unpaired) electrons. The Morgan fingerprint density at radius 3 is 2.63 bits per heavy atom. The fraction of sp³-hybridized carbons (Fsp3) is 0.654. The number of halogens is 1. The van der Waals surface area contributed by atoms with Crippen LogP contribution in [0.1, 0.15) is 83.8 Å². The first-order chi connectivity index (χ1) is 16.5. The Labute approximate surface area is 205 Å². The van der Waals surface area contributed by atoms with Crippen molar-refractivity contribution in [3.63, 3.8) is 0 Å². The molecule has 1 aliphatic carbocycles. The number of H-pyrrole nitrogens is 1. The molecule has 2 fully saturated rings. The molecule has 2 amide bonds. The van der Waals surface area contributed by atoms with Gasteiger partial charge in [-0.3, -0.25) is 9.69 Å². The van der Waals surface area contributed by atoms with Gasteiger partial charge in [-0.2, -0.15) is 0 Å². The monoisotopic (exact) mass is 488 g/mol. The van der Waals surface area contributed by atoms with Crippen molar-refractivity contribution in [2.45, 2.75) is 78.0 Å². The van der Waals surface area contributed by atoms with E-state index in [-0.39, 0.29) is 30.0 Å². The van der Waals surface area contributed by atoms with Gasteiger partial charge >= 0.3 is 6.09 Å². The molecule has 1 aromatic carbocycles. The maximum absolute atomic E-state index is 15.9. The molecule has 1 saturated heterocycles. The van der Waals surface area contributed by atoms with Gasteiger partial charge in [-0.25, -0.2) is 14.2 Å². The van der Waals surface area contributed by atoms with E-state index < -0.39 is 23.6 Å². The van der Waals surface area contributed by atoms with Crippen LogP contribution >= 0.6 is 0 Å². The number of amides is 2. The average molecular weight is 489 g/mol. The van der Waals surface area contributed by atoms with Crippen LogP contribution in [-0.4, -0.2) is 52.2 Å². The summed E-state index contributed by atoms with van der Waals surface area (Å²) >= 11 is 0. The summed E-state index contributed by atoms with van der Waals surface area (Å²) < 4.78 is 27.0. The summed E-state index contributed by atoms with van der Waals surface area (Å²) in [4.78, 5) is 34.2. The summed E-state index contributed by atoms with van der Waals surface area (Å²) in [5.41, 5.74) is 0.437. The van der Waals surface area contributed by atoms with Crippen LogP contribution in [0.25, 0.3) is 11.0 Å². The van der Waals surface area contributed by atoms with Gasteiger partial charge < -0.3 is 19.8 Å². The van der Waals surface area contributed by atoms with Gasteiger partial charge in [-0.1, -0.05) is 25.8 Å². The SMILES string of the molecule is CC(=O)NC(c1nc2c(F)c(C3COCCN3C(=O)OC(C)(C)C)ccc2[nH]1)C1CCC(C)CC1. The van der Waals surface area contributed by atoms with E-state index in [4.69, 9.17) is 9.47 Å². The molecule has 0 spiro atoms. The van der Waals surface area contributed by atoms with Crippen molar-refractivity contribution in [3.05, 3.63) is 29.3 Å². The number of hydrogen-bond acceptors (Lipinski definition) is 5. The lowest BCUT2D eigenvalue weighted by atomic mass is 9.79. The molecule has 0 bridgehead atoms. The lowest BCUT2D eigenvalue weighted by molar-refractivity contribution is -0.120. The molecule has 2 aromatic rings. The van der Waals surface area contributed by atoms with Crippen LogP contribution in [0.3, 0.4) is 0 Å². The number of aromatic nitrogens is 2. The molecule has 1 aromatic heterocycles. The third kappa shape index (κ3) is 5.77. The minimum absolute atomic E-state index is 0.136. The van der Waals surface area contributed by atoms with E-state index in [0.717, 1.165) is 25.7 Å². The van der Waals surface area contributed by atoms with Gasteiger partial charge in [0.2, 0.25) is 5.91 Å². The van der Waals surface area contributed by atoms with E-state index in [1.54, 1.807) is 32.9 Å². The van der Waals surface area contributed by atoms with Crippen molar-refractivity contribution in [1.29, 1.82) is 0 Å². The quantitative estimate of drug-likeness (QED) is 0.630. The van der Waals surface area contributed by atoms with Gasteiger partial charge in [0.15, 0.2) is 5.82 Å². The maximum atomic E-state index is 15.9. The van der Waals surface area contributed by atoms with E-state index in [0.29, 0.717) is 36.0 Å². The molecule has 2 atom stereocenters. The first-order valence-corrected chi connectivity index (χ1v) is 12.6. The topological polar surface area (TPSA) is 96.6 Å². The van der Waals surface area contributed by atoms with E-state index in [9.17, 15) is 9.59 Å². The number of fused-ring (bicyclic) bond motifs is 1. The van der Waals surface area contributed by atoms with Crippen LogP contribution in [0.15, 0.2) is 12.1 Å². The van der Waals surface area contributed by atoms with E-state index in [1.807, 2.05) is 0 Å². The number of carbonyl (C=O) groups is 2. The zero-order chi connectivity index (χ0) is 25.3. The van der Waals surface area contributed by atoms with Gasteiger partial charge in [0.25, 0.3) is 0 Å². The Bertz CT molecular complexity index is 1070. The third-order valence-electron chi connectivity index (χ3n) is 6.94. The first-order valence-electron chi connectivity index (χ1n) is 12.6. The highest BCUT2D eigenvalue weighted by Gasteiger charge is 2.35. The molecule has 2 unspecified atom stereocenters. The predicted octanol–water partition coefficient (Wildman–Crippen LogP) is 5.01. The van der Waals surface area contributed by atoms with Gasteiger partial charge in [0.05, 0.1) is 30.8 Å². The molecule has 1 aliphatic heterocycles. The summed E-state index contributed by atoms with van der Waals surface area (Å²) in [6.07, 6.45) is 3.68. The summed E-state index contributed by atoms with van der Waals surface area (Å²) in [6, 6.07) is 2.53. The second-order valence-corrected chi connectivity index (χ2v) is 10.9. The van der Waals surface area contributed by atoms with Crippen molar-refractivity contribution in [2.24, 2.45) is 11.8 Å². The van der Waals surface area contributed by atoms with E-state index in [2.05, 4.69) is 22.2 Å². The Hall–Kier alpha value is -2.68. The first kappa shape index (κ1) is 25.4. The lowest BCUT2D eigenvalue weighted by Crippen LogP contribution is -2.46. The highest BCUT2D eigenvalue weighted by atomic mass is 19.1.